The first kappa shape index (κ1) is 15.0. The van der Waals surface area contributed by atoms with Crippen LogP contribution in [0.3, 0.4) is 0 Å². The number of nitrogens with one attached hydrogen (secondary N) is 1. The number of carbonyl (C=O) groups excluding carboxylic acids is 1. The zero-order valence-electron chi connectivity index (χ0n) is 11.0. The van der Waals surface area contributed by atoms with Gasteiger partial charge in [0.15, 0.2) is 0 Å². The molecule has 3 heteroatoms. The Morgan fingerprint density at radius 2 is 1.67 bits per heavy atom. The molecular formula is C15H22ClNO. The third-order valence-electron chi connectivity index (χ3n) is 2.97. The molecule has 1 aromatic carbocycles. The largest absolute Gasteiger partial charge is 0.385 e. The van der Waals surface area contributed by atoms with E-state index in [1.165, 1.54) is 38.5 Å². The van der Waals surface area contributed by atoms with Crippen molar-refractivity contribution in [2.24, 2.45) is 0 Å². The van der Waals surface area contributed by atoms with Crippen LogP contribution in [0.15, 0.2) is 24.3 Å². The lowest BCUT2D eigenvalue weighted by molar-refractivity contribution is 0.108. The fourth-order valence-corrected chi connectivity index (χ4v) is 1.98. The van der Waals surface area contributed by atoms with Gasteiger partial charge in [0.1, 0.15) is 0 Å². The summed E-state index contributed by atoms with van der Waals surface area (Å²) in [5.74, 6) is 0. The number of anilines is 1. The normalized spacial score (nSPS) is 10.3. The second-order valence-corrected chi connectivity index (χ2v) is 4.89. The molecule has 2 nitrogen and oxygen atoms in total. The van der Waals surface area contributed by atoms with E-state index in [2.05, 4.69) is 12.2 Å². The van der Waals surface area contributed by atoms with Gasteiger partial charge in [0, 0.05) is 17.8 Å². The molecule has 0 atom stereocenters. The van der Waals surface area contributed by atoms with Gasteiger partial charge in [-0.05, 0) is 42.3 Å². The third kappa shape index (κ3) is 6.06. The molecular weight excluding hydrogens is 246 g/mol. The van der Waals surface area contributed by atoms with Crippen molar-refractivity contribution in [2.75, 3.05) is 11.9 Å². The minimum absolute atomic E-state index is 0.405. The summed E-state index contributed by atoms with van der Waals surface area (Å²) in [5, 5.41) is 2.94. The van der Waals surface area contributed by atoms with E-state index in [1.807, 2.05) is 12.1 Å². The number of hydrogen-bond donors (Lipinski definition) is 1. The summed E-state index contributed by atoms with van der Waals surface area (Å²) in [6.07, 6.45) is 7.80. The minimum atomic E-state index is -0.405. The van der Waals surface area contributed by atoms with Gasteiger partial charge >= 0.3 is 0 Å². The van der Waals surface area contributed by atoms with Crippen LogP contribution in [0.2, 0.25) is 0 Å². The number of hydrogen-bond acceptors (Lipinski definition) is 2. The standard InChI is InChI=1S/C15H22ClNO/c1-2-3-4-5-6-7-12-17-14-10-8-13(9-11-14)15(16)18/h8-11,17H,2-7,12H2,1H3. The lowest BCUT2D eigenvalue weighted by atomic mass is 10.1. The summed E-state index contributed by atoms with van der Waals surface area (Å²) in [7, 11) is 0. The Morgan fingerprint density at radius 1 is 1.06 bits per heavy atom. The van der Waals surface area contributed by atoms with Crippen LogP contribution < -0.4 is 5.32 Å². The van der Waals surface area contributed by atoms with Crippen LogP contribution in [0.4, 0.5) is 5.69 Å². The molecule has 1 aromatic rings. The van der Waals surface area contributed by atoms with Gasteiger partial charge in [-0.25, -0.2) is 0 Å². The van der Waals surface area contributed by atoms with E-state index in [4.69, 9.17) is 11.6 Å². The predicted octanol–water partition coefficient (Wildman–Crippen LogP) is 4.84. The Kier molecular flexibility index (Phi) is 7.51. The fraction of sp³-hybridized carbons (Fsp3) is 0.533. The van der Waals surface area contributed by atoms with Crippen molar-refractivity contribution in [2.45, 2.75) is 45.4 Å². The van der Waals surface area contributed by atoms with Crippen molar-refractivity contribution in [1.82, 2.24) is 0 Å². The monoisotopic (exact) mass is 267 g/mol. The Morgan fingerprint density at radius 3 is 2.28 bits per heavy atom. The average Bonchev–Trinajstić information content (AvgIpc) is 2.38. The SMILES string of the molecule is CCCCCCCCNc1ccc(C(=O)Cl)cc1. The van der Waals surface area contributed by atoms with Gasteiger partial charge in [0.05, 0.1) is 0 Å². The number of rotatable bonds is 9. The van der Waals surface area contributed by atoms with Crippen LogP contribution >= 0.6 is 11.6 Å². The maximum Gasteiger partial charge on any atom is 0.252 e. The zero-order valence-corrected chi connectivity index (χ0v) is 11.8. The minimum Gasteiger partial charge on any atom is -0.385 e. The van der Waals surface area contributed by atoms with E-state index in [0.717, 1.165) is 12.2 Å². The van der Waals surface area contributed by atoms with Crippen LogP contribution in [-0.2, 0) is 0 Å². The van der Waals surface area contributed by atoms with Crippen LogP contribution in [0, 0.1) is 0 Å². The highest BCUT2D eigenvalue weighted by Crippen LogP contribution is 2.12. The number of carbonyl (C=O) groups is 1. The summed E-state index contributed by atoms with van der Waals surface area (Å²) in [4.78, 5) is 10.9. The number of benzene rings is 1. The Hall–Kier alpha value is -1.02. The molecule has 0 saturated heterocycles. The topological polar surface area (TPSA) is 29.1 Å². The molecule has 0 spiro atoms. The van der Waals surface area contributed by atoms with Crippen LogP contribution in [0.5, 0.6) is 0 Å². The van der Waals surface area contributed by atoms with Gasteiger partial charge in [0.25, 0.3) is 5.24 Å². The second-order valence-electron chi connectivity index (χ2n) is 4.55. The molecule has 0 radical (unpaired) electrons. The van der Waals surface area contributed by atoms with Gasteiger partial charge in [-0.1, -0.05) is 39.0 Å². The number of unbranched alkanes of at least 4 members (excludes halogenated alkanes) is 5. The first-order chi connectivity index (χ1) is 8.74. The van der Waals surface area contributed by atoms with Gasteiger partial charge in [-0.3, -0.25) is 4.79 Å². The highest BCUT2D eigenvalue weighted by atomic mass is 35.5. The van der Waals surface area contributed by atoms with Gasteiger partial charge < -0.3 is 5.32 Å². The molecule has 0 fully saturated rings. The molecule has 0 aliphatic rings. The van der Waals surface area contributed by atoms with Gasteiger partial charge in [0.2, 0.25) is 0 Å². The number of halogens is 1. The van der Waals surface area contributed by atoms with Crippen molar-refractivity contribution >= 4 is 22.5 Å². The van der Waals surface area contributed by atoms with E-state index in [1.54, 1.807) is 12.1 Å². The van der Waals surface area contributed by atoms with Crippen molar-refractivity contribution < 1.29 is 4.79 Å². The molecule has 0 saturated carbocycles. The lowest BCUT2D eigenvalue weighted by Crippen LogP contribution is -2.01. The maximum absolute atomic E-state index is 10.9. The summed E-state index contributed by atoms with van der Waals surface area (Å²) < 4.78 is 0. The van der Waals surface area contributed by atoms with Crippen LogP contribution in [-0.4, -0.2) is 11.8 Å². The van der Waals surface area contributed by atoms with E-state index in [-0.39, 0.29) is 0 Å². The lowest BCUT2D eigenvalue weighted by Gasteiger charge is -2.06. The average molecular weight is 268 g/mol. The first-order valence-corrected chi connectivity index (χ1v) is 7.15. The molecule has 0 aromatic heterocycles. The first-order valence-electron chi connectivity index (χ1n) is 6.78. The third-order valence-corrected chi connectivity index (χ3v) is 3.19. The van der Waals surface area contributed by atoms with E-state index >= 15 is 0 Å². The summed E-state index contributed by atoms with van der Waals surface area (Å²) in [6.45, 7) is 3.22. The fourth-order valence-electron chi connectivity index (χ4n) is 1.86. The molecule has 100 valence electrons. The Bertz CT molecular complexity index is 348. The van der Waals surface area contributed by atoms with Crippen molar-refractivity contribution in [3.8, 4) is 0 Å². The van der Waals surface area contributed by atoms with Crippen molar-refractivity contribution in [3.63, 3.8) is 0 Å². The molecule has 18 heavy (non-hydrogen) atoms. The van der Waals surface area contributed by atoms with E-state index in [9.17, 15) is 4.79 Å². The summed E-state index contributed by atoms with van der Waals surface area (Å²) in [6, 6.07) is 7.29. The Labute approximate surface area is 115 Å². The predicted molar refractivity (Wildman–Crippen MR) is 78.5 cm³/mol. The molecule has 0 unspecified atom stereocenters. The quantitative estimate of drug-likeness (QED) is 0.512. The molecule has 0 bridgehead atoms. The smallest absolute Gasteiger partial charge is 0.252 e. The van der Waals surface area contributed by atoms with Crippen LogP contribution in [0.25, 0.3) is 0 Å². The molecule has 0 heterocycles. The molecule has 0 aliphatic carbocycles. The zero-order chi connectivity index (χ0) is 13.2. The summed E-state index contributed by atoms with van der Waals surface area (Å²) >= 11 is 5.38. The molecule has 1 rings (SSSR count). The highest BCUT2D eigenvalue weighted by molar-refractivity contribution is 6.67. The van der Waals surface area contributed by atoms with E-state index < -0.39 is 5.24 Å². The Balaban J connectivity index is 2.14. The van der Waals surface area contributed by atoms with Crippen molar-refractivity contribution in [1.29, 1.82) is 0 Å². The highest BCUT2D eigenvalue weighted by Gasteiger charge is 2.00. The van der Waals surface area contributed by atoms with Crippen LogP contribution in [0.1, 0.15) is 55.8 Å². The maximum atomic E-state index is 10.9. The van der Waals surface area contributed by atoms with E-state index in [0.29, 0.717) is 5.56 Å². The van der Waals surface area contributed by atoms with Gasteiger partial charge in [-0.15, -0.1) is 0 Å². The molecule has 1 N–H and O–H groups in total. The van der Waals surface area contributed by atoms with Crippen molar-refractivity contribution in [3.05, 3.63) is 29.8 Å². The molecule has 0 aliphatic heterocycles. The van der Waals surface area contributed by atoms with Gasteiger partial charge in [-0.2, -0.15) is 0 Å². The molecule has 0 amide bonds. The second kappa shape index (κ2) is 8.98. The summed E-state index contributed by atoms with van der Waals surface area (Å²) in [5.41, 5.74) is 1.59.